The van der Waals surface area contributed by atoms with Crippen molar-refractivity contribution in [2.75, 3.05) is 13.2 Å². The topological polar surface area (TPSA) is 35.5 Å². The van der Waals surface area contributed by atoms with Gasteiger partial charge in [0.15, 0.2) is 17.3 Å². The molecular weight excluding hydrogens is 403 g/mol. The van der Waals surface area contributed by atoms with Crippen LogP contribution in [0.5, 0.6) is 11.5 Å². The number of ketones is 1. The quantitative estimate of drug-likeness (QED) is 0.542. The minimum Gasteiger partial charge on any atom is -0.490 e. The molecule has 2 aromatic rings. The fourth-order valence-corrected chi connectivity index (χ4v) is 2.93. The molecule has 0 radical (unpaired) electrons. The number of ether oxygens (including phenoxy) is 2. The van der Waals surface area contributed by atoms with Crippen LogP contribution in [0.4, 0.5) is 0 Å². The maximum Gasteiger partial charge on any atom is 0.194 e. The molecule has 0 spiro atoms. The van der Waals surface area contributed by atoms with Crippen molar-refractivity contribution in [1.29, 1.82) is 0 Å². The third kappa shape index (κ3) is 3.16. The lowest BCUT2D eigenvalue weighted by molar-refractivity contribution is 0.103. The number of carbonyl (C=O) groups excluding carboxylic acids is 1. The zero-order valence-electron chi connectivity index (χ0n) is 11.1. The third-order valence-electron chi connectivity index (χ3n) is 3.17. The van der Waals surface area contributed by atoms with Gasteiger partial charge in [-0.15, -0.1) is 0 Å². The first-order chi connectivity index (χ1) is 10.1. The SMILES string of the molecule is O=C(c1cccc(I)c1)c1cc2c(cc1Cl)OCCCO2. The maximum absolute atomic E-state index is 12.6. The Kier molecular flexibility index (Phi) is 4.35. The van der Waals surface area contributed by atoms with Crippen LogP contribution in [0.3, 0.4) is 0 Å². The van der Waals surface area contributed by atoms with Gasteiger partial charge in [0.05, 0.1) is 18.2 Å². The number of halogens is 2. The van der Waals surface area contributed by atoms with Crippen LogP contribution in [0.15, 0.2) is 36.4 Å². The predicted octanol–water partition coefficient (Wildman–Crippen LogP) is 4.34. The van der Waals surface area contributed by atoms with Crippen LogP contribution in [-0.2, 0) is 0 Å². The van der Waals surface area contributed by atoms with Crippen LogP contribution < -0.4 is 9.47 Å². The van der Waals surface area contributed by atoms with Crippen molar-refractivity contribution in [3.63, 3.8) is 0 Å². The van der Waals surface area contributed by atoms with E-state index in [1.165, 1.54) is 0 Å². The molecule has 21 heavy (non-hydrogen) atoms. The van der Waals surface area contributed by atoms with E-state index in [1.807, 2.05) is 18.2 Å². The van der Waals surface area contributed by atoms with Crippen molar-refractivity contribution in [1.82, 2.24) is 0 Å². The van der Waals surface area contributed by atoms with Crippen molar-refractivity contribution < 1.29 is 14.3 Å². The van der Waals surface area contributed by atoms with Gasteiger partial charge in [0.1, 0.15) is 0 Å². The Balaban J connectivity index is 2.02. The first-order valence-corrected chi connectivity index (χ1v) is 8.00. The molecule has 0 amide bonds. The van der Waals surface area contributed by atoms with Crippen molar-refractivity contribution in [3.05, 3.63) is 56.1 Å². The summed E-state index contributed by atoms with van der Waals surface area (Å²) < 4.78 is 12.2. The van der Waals surface area contributed by atoms with E-state index in [-0.39, 0.29) is 5.78 Å². The van der Waals surface area contributed by atoms with Crippen molar-refractivity contribution in [2.45, 2.75) is 6.42 Å². The van der Waals surface area contributed by atoms with Gasteiger partial charge in [-0.25, -0.2) is 0 Å². The summed E-state index contributed by atoms with van der Waals surface area (Å²) in [4.78, 5) is 12.6. The number of fused-ring (bicyclic) bond motifs is 1. The molecule has 0 unspecified atom stereocenters. The van der Waals surface area contributed by atoms with E-state index in [9.17, 15) is 4.79 Å². The second-order valence-electron chi connectivity index (χ2n) is 4.67. The van der Waals surface area contributed by atoms with Gasteiger partial charge in [-0.05, 0) is 40.8 Å². The fraction of sp³-hybridized carbons (Fsp3) is 0.188. The van der Waals surface area contributed by atoms with Crippen LogP contribution in [0.25, 0.3) is 0 Å². The molecular formula is C16H12ClIO3. The van der Waals surface area contributed by atoms with E-state index in [2.05, 4.69) is 22.6 Å². The van der Waals surface area contributed by atoms with E-state index in [1.54, 1.807) is 18.2 Å². The number of hydrogen-bond acceptors (Lipinski definition) is 3. The van der Waals surface area contributed by atoms with Gasteiger partial charge < -0.3 is 9.47 Å². The summed E-state index contributed by atoms with van der Waals surface area (Å²) in [6.45, 7) is 1.17. The molecule has 0 fully saturated rings. The summed E-state index contributed by atoms with van der Waals surface area (Å²) in [5.41, 5.74) is 1.04. The van der Waals surface area contributed by atoms with Gasteiger partial charge in [0.2, 0.25) is 0 Å². The second kappa shape index (κ2) is 6.23. The monoisotopic (exact) mass is 414 g/mol. The number of carbonyl (C=O) groups is 1. The molecule has 1 aliphatic rings. The highest BCUT2D eigenvalue weighted by Crippen LogP contribution is 2.36. The number of rotatable bonds is 2. The zero-order valence-corrected chi connectivity index (χ0v) is 14.0. The highest BCUT2D eigenvalue weighted by molar-refractivity contribution is 14.1. The Labute approximate surface area is 141 Å². The lowest BCUT2D eigenvalue weighted by Gasteiger charge is -2.11. The molecule has 0 atom stereocenters. The van der Waals surface area contributed by atoms with Gasteiger partial charge in [0.25, 0.3) is 0 Å². The fourth-order valence-electron chi connectivity index (χ4n) is 2.14. The molecule has 1 heterocycles. The Hall–Kier alpha value is -1.27. The van der Waals surface area contributed by atoms with Crippen molar-refractivity contribution >= 4 is 40.0 Å². The Bertz CT molecular complexity index is 700. The Morgan fingerprint density at radius 2 is 1.81 bits per heavy atom. The lowest BCUT2D eigenvalue weighted by Crippen LogP contribution is -2.04. The summed E-state index contributed by atoms with van der Waals surface area (Å²) in [7, 11) is 0. The molecule has 0 aromatic heterocycles. The first kappa shape index (κ1) is 14.7. The maximum atomic E-state index is 12.6. The molecule has 3 nitrogen and oxygen atoms in total. The minimum atomic E-state index is -0.117. The molecule has 5 heteroatoms. The predicted molar refractivity (Wildman–Crippen MR) is 89.7 cm³/mol. The summed E-state index contributed by atoms with van der Waals surface area (Å²) in [5, 5.41) is 0.378. The van der Waals surface area contributed by atoms with Crippen LogP contribution in [-0.4, -0.2) is 19.0 Å². The minimum absolute atomic E-state index is 0.117. The molecule has 0 N–H and O–H groups in total. The molecule has 108 valence electrons. The van der Waals surface area contributed by atoms with Gasteiger partial charge in [-0.1, -0.05) is 23.7 Å². The average Bonchev–Trinajstić information content (AvgIpc) is 2.70. The van der Waals surface area contributed by atoms with E-state index < -0.39 is 0 Å². The van der Waals surface area contributed by atoms with Crippen molar-refractivity contribution in [2.24, 2.45) is 0 Å². The molecule has 0 saturated heterocycles. The van der Waals surface area contributed by atoms with E-state index >= 15 is 0 Å². The van der Waals surface area contributed by atoms with Crippen LogP contribution in [0, 0.1) is 3.57 Å². The van der Waals surface area contributed by atoms with Crippen LogP contribution in [0.2, 0.25) is 5.02 Å². The van der Waals surface area contributed by atoms with Crippen LogP contribution >= 0.6 is 34.2 Å². The van der Waals surface area contributed by atoms with E-state index in [0.717, 1.165) is 9.99 Å². The normalized spacial score (nSPS) is 13.6. The summed E-state index contributed by atoms with van der Waals surface area (Å²) >= 11 is 8.42. The first-order valence-electron chi connectivity index (χ1n) is 6.54. The average molecular weight is 415 g/mol. The number of benzene rings is 2. The standard InChI is InChI=1S/C16H12ClIO3/c17-13-9-15-14(20-5-2-6-21-15)8-12(13)16(19)10-3-1-4-11(18)7-10/h1,3-4,7-9H,2,5-6H2. The van der Waals surface area contributed by atoms with E-state index in [4.69, 9.17) is 21.1 Å². The highest BCUT2D eigenvalue weighted by Gasteiger charge is 2.19. The molecule has 0 saturated carbocycles. The molecule has 3 rings (SSSR count). The second-order valence-corrected chi connectivity index (χ2v) is 6.32. The lowest BCUT2D eigenvalue weighted by atomic mass is 10.0. The van der Waals surface area contributed by atoms with Gasteiger partial charge in [-0.3, -0.25) is 4.79 Å². The Morgan fingerprint density at radius 3 is 2.52 bits per heavy atom. The van der Waals surface area contributed by atoms with Gasteiger partial charge >= 0.3 is 0 Å². The number of hydrogen-bond donors (Lipinski definition) is 0. The highest BCUT2D eigenvalue weighted by atomic mass is 127. The van der Waals surface area contributed by atoms with E-state index in [0.29, 0.717) is 40.9 Å². The third-order valence-corrected chi connectivity index (χ3v) is 4.15. The summed E-state index contributed by atoms with van der Waals surface area (Å²) in [6, 6.07) is 10.7. The van der Waals surface area contributed by atoms with Gasteiger partial charge in [0, 0.05) is 27.2 Å². The smallest absolute Gasteiger partial charge is 0.194 e. The van der Waals surface area contributed by atoms with Crippen LogP contribution in [0.1, 0.15) is 22.3 Å². The summed E-state index contributed by atoms with van der Waals surface area (Å²) in [5.74, 6) is 1.05. The molecule has 0 aliphatic carbocycles. The van der Waals surface area contributed by atoms with Gasteiger partial charge in [-0.2, -0.15) is 0 Å². The molecule has 0 bridgehead atoms. The molecule has 1 aliphatic heterocycles. The van der Waals surface area contributed by atoms with Crippen molar-refractivity contribution in [3.8, 4) is 11.5 Å². The molecule has 2 aromatic carbocycles. The largest absolute Gasteiger partial charge is 0.490 e. The summed E-state index contributed by atoms with van der Waals surface area (Å²) in [6.07, 6.45) is 0.812. The zero-order chi connectivity index (χ0) is 14.8. The Morgan fingerprint density at radius 1 is 1.10 bits per heavy atom.